The summed E-state index contributed by atoms with van der Waals surface area (Å²) in [5, 5.41) is 5.89. The van der Waals surface area contributed by atoms with Gasteiger partial charge >= 0.3 is 0 Å². The number of hydrogen-bond acceptors (Lipinski definition) is 3. The van der Waals surface area contributed by atoms with Gasteiger partial charge in [-0.3, -0.25) is 0 Å². The first kappa shape index (κ1) is 11.1. The van der Waals surface area contributed by atoms with Crippen LogP contribution in [0, 0.1) is 0 Å². The molecule has 2 heterocycles. The van der Waals surface area contributed by atoms with Gasteiger partial charge in [0.2, 0.25) is 0 Å². The lowest BCUT2D eigenvalue weighted by Gasteiger charge is -2.26. The quantitative estimate of drug-likeness (QED) is 0.884. The summed E-state index contributed by atoms with van der Waals surface area (Å²) in [5.41, 5.74) is 1.50. The van der Waals surface area contributed by atoms with Gasteiger partial charge in [-0.25, -0.2) is 0 Å². The van der Waals surface area contributed by atoms with Crippen LogP contribution in [0.4, 0.5) is 0 Å². The van der Waals surface area contributed by atoms with E-state index in [1.54, 1.807) is 11.1 Å². The fraction of sp³-hybridized carbons (Fsp3) is 0.429. The highest BCUT2D eigenvalue weighted by molar-refractivity contribution is 7.10. The second-order valence-electron chi connectivity index (χ2n) is 4.65. The van der Waals surface area contributed by atoms with Crippen molar-refractivity contribution in [1.29, 1.82) is 0 Å². The minimum absolute atomic E-state index is 0.279. The summed E-state index contributed by atoms with van der Waals surface area (Å²) in [6, 6.07) is 7.02. The van der Waals surface area contributed by atoms with Crippen LogP contribution in [0.25, 0.3) is 0 Å². The van der Waals surface area contributed by atoms with Gasteiger partial charge in [0.05, 0.1) is 12.3 Å². The van der Waals surface area contributed by atoms with E-state index in [1.807, 2.05) is 23.5 Å². The van der Waals surface area contributed by atoms with Crippen molar-refractivity contribution in [3.63, 3.8) is 0 Å². The van der Waals surface area contributed by atoms with Crippen molar-refractivity contribution in [2.45, 2.75) is 38.3 Å². The van der Waals surface area contributed by atoms with Gasteiger partial charge in [0.1, 0.15) is 5.76 Å². The largest absolute Gasteiger partial charge is 0.468 e. The zero-order valence-electron chi connectivity index (χ0n) is 9.98. The fourth-order valence-corrected chi connectivity index (χ4v) is 3.57. The van der Waals surface area contributed by atoms with E-state index in [1.165, 1.54) is 24.8 Å². The molecule has 0 aliphatic heterocycles. The molecule has 2 aromatic rings. The number of furan rings is 1. The highest BCUT2D eigenvalue weighted by Crippen LogP contribution is 2.34. The molecule has 0 bridgehead atoms. The molecule has 0 fully saturated rings. The third-order valence-electron chi connectivity index (χ3n) is 3.47. The van der Waals surface area contributed by atoms with Gasteiger partial charge in [0.15, 0.2) is 0 Å². The highest BCUT2D eigenvalue weighted by atomic mass is 32.1. The number of hydrogen-bond donors (Lipinski definition) is 1. The average Bonchev–Trinajstić information content (AvgIpc) is 3.00. The minimum atomic E-state index is 0.279. The first-order valence-corrected chi connectivity index (χ1v) is 7.08. The van der Waals surface area contributed by atoms with E-state index in [2.05, 4.69) is 23.7 Å². The zero-order valence-corrected chi connectivity index (χ0v) is 10.8. The van der Waals surface area contributed by atoms with E-state index in [4.69, 9.17) is 4.42 Å². The Hall–Kier alpha value is -1.06. The molecule has 2 atom stereocenters. The molecule has 3 heteroatoms. The van der Waals surface area contributed by atoms with Crippen molar-refractivity contribution < 1.29 is 4.42 Å². The molecular formula is C14H17NOS. The fourth-order valence-electron chi connectivity index (χ4n) is 2.58. The Morgan fingerprint density at radius 3 is 3.24 bits per heavy atom. The Kier molecular flexibility index (Phi) is 3.04. The molecule has 1 aliphatic rings. The van der Waals surface area contributed by atoms with Crippen molar-refractivity contribution >= 4 is 11.3 Å². The summed E-state index contributed by atoms with van der Waals surface area (Å²) in [6.45, 7) is 2.17. The maximum atomic E-state index is 5.45. The molecule has 2 aromatic heterocycles. The summed E-state index contributed by atoms with van der Waals surface area (Å²) in [5.74, 6) is 1.02. The molecule has 0 saturated heterocycles. The van der Waals surface area contributed by atoms with Crippen LogP contribution in [0.1, 0.15) is 48.0 Å². The van der Waals surface area contributed by atoms with Crippen LogP contribution in [-0.2, 0) is 6.42 Å². The first-order valence-electron chi connectivity index (χ1n) is 6.20. The molecule has 0 amide bonds. The summed E-state index contributed by atoms with van der Waals surface area (Å²) >= 11 is 1.89. The molecule has 3 rings (SSSR count). The van der Waals surface area contributed by atoms with E-state index < -0.39 is 0 Å². The molecule has 2 nitrogen and oxygen atoms in total. The Bertz CT molecular complexity index is 474. The number of fused-ring (bicyclic) bond motifs is 1. The molecule has 0 aromatic carbocycles. The van der Waals surface area contributed by atoms with Crippen LogP contribution < -0.4 is 5.32 Å². The third kappa shape index (κ3) is 2.17. The maximum Gasteiger partial charge on any atom is 0.120 e. The van der Waals surface area contributed by atoms with Crippen molar-refractivity contribution in [2.75, 3.05) is 0 Å². The molecule has 0 saturated carbocycles. The van der Waals surface area contributed by atoms with Crippen molar-refractivity contribution in [2.24, 2.45) is 0 Å². The first-order chi connectivity index (χ1) is 8.34. The molecule has 0 spiro atoms. The second kappa shape index (κ2) is 4.67. The number of nitrogens with one attached hydrogen (secondary N) is 1. The standard InChI is InChI=1S/C14H17NOS/c1-10(13-5-3-8-16-13)15-12-4-2-6-14-11(12)7-9-17-14/h3,5,7-10,12,15H,2,4,6H2,1H3/t10-,12?/m1/s1. The van der Waals surface area contributed by atoms with Crippen LogP contribution >= 0.6 is 11.3 Å². The third-order valence-corrected chi connectivity index (χ3v) is 4.47. The summed E-state index contributed by atoms with van der Waals surface area (Å²) < 4.78 is 5.45. The monoisotopic (exact) mass is 247 g/mol. The van der Waals surface area contributed by atoms with E-state index >= 15 is 0 Å². The topological polar surface area (TPSA) is 25.2 Å². The Morgan fingerprint density at radius 2 is 2.41 bits per heavy atom. The van der Waals surface area contributed by atoms with Crippen LogP contribution in [0.3, 0.4) is 0 Å². The average molecular weight is 247 g/mol. The predicted molar refractivity (Wildman–Crippen MR) is 70.3 cm³/mol. The summed E-state index contributed by atoms with van der Waals surface area (Å²) in [4.78, 5) is 1.56. The van der Waals surface area contributed by atoms with Gasteiger partial charge in [-0.1, -0.05) is 0 Å². The normalized spacial score (nSPS) is 21.1. The highest BCUT2D eigenvalue weighted by Gasteiger charge is 2.23. The minimum Gasteiger partial charge on any atom is -0.468 e. The van der Waals surface area contributed by atoms with Gasteiger partial charge < -0.3 is 9.73 Å². The number of thiophene rings is 1. The Morgan fingerprint density at radius 1 is 1.47 bits per heavy atom. The summed E-state index contributed by atoms with van der Waals surface area (Å²) in [6.07, 6.45) is 5.51. The Balaban J connectivity index is 1.75. The van der Waals surface area contributed by atoms with E-state index in [0.29, 0.717) is 6.04 Å². The second-order valence-corrected chi connectivity index (χ2v) is 5.65. The lowest BCUT2D eigenvalue weighted by Crippen LogP contribution is -2.26. The molecular weight excluding hydrogens is 230 g/mol. The lowest BCUT2D eigenvalue weighted by molar-refractivity contribution is 0.369. The maximum absolute atomic E-state index is 5.45. The summed E-state index contributed by atoms with van der Waals surface area (Å²) in [7, 11) is 0. The molecule has 0 radical (unpaired) electrons. The van der Waals surface area contributed by atoms with Crippen LogP contribution in [0.2, 0.25) is 0 Å². The van der Waals surface area contributed by atoms with Gasteiger partial charge in [-0.05, 0) is 55.3 Å². The van der Waals surface area contributed by atoms with Crippen molar-refractivity contribution in [1.82, 2.24) is 5.32 Å². The number of aryl methyl sites for hydroxylation is 1. The van der Waals surface area contributed by atoms with Crippen LogP contribution in [-0.4, -0.2) is 0 Å². The predicted octanol–water partition coefficient (Wildman–Crippen LogP) is 4.07. The molecule has 1 unspecified atom stereocenters. The van der Waals surface area contributed by atoms with Crippen LogP contribution in [0.5, 0.6) is 0 Å². The molecule has 90 valence electrons. The van der Waals surface area contributed by atoms with Crippen molar-refractivity contribution in [3.05, 3.63) is 46.0 Å². The number of rotatable bonds is 3. The molecule has 1 aliphatic carbocycles. The SMILES string of the molecule is C[C@@H](NC1CCCc2sccc21)c1ccco1. The van der Waals surface area contributed by atoms with Gasteiger partial charge in [0.25, 0.3) is 0 Å². The smallest absolute Gasteiger partial charge is 0.120 e. The van der Waals surface area contributed by atoms with Crippen molar-refractivity contribution in [3.8, 4) is 0 Å². The molecule has 1 N–H and O–H groups in total. The van der Waals surface area contributed by atoms with Gasteiger partial charge in [-0.2, -0.15) is 0 Å². The zero-order chi connectivity index (χ0) is 11.7. The van der Waals surface area contributed by atoms with Crippen LogP contribution in [0.15, 0.2) is 34.3 Å². The van der Waals surface area contributed by atoms with E-state index in [-0.39, 0.29) is 6.04 Å². The van der Waals surface area contributed by atoms with Gasteiger partial charge in [0, 0.05) is 10.9 Å². The van der Waals surface area contributed by atoms with Gasteiger partial charge in [-0.15, -0.1) is 11.3 Å². The Labute approximate surface area is 106 Å². The van der Waals surface area contributed by atoms with E-state index in [0.717, 1.165) is 5.76 Å². The molecule has 17 heavy (non-hydrogen) atoms. The lowest BCUT2D eigenvalue weighted by atomic mass is 9.93. The van der Waals surface area contributed by atoms with E-state index in [9.17, 15) is 0 Å².